The van der Waals surface area contributed by atoms with Gasteiger partial charge in [0.05, 0.1) is 6.10 Å². The van der Waals surface area contributed by atoms with Crippen molar-refractivity contribution in [1.82, 2.24) is 4.98 Å². The van der Waals surface area contributed by atoms with Gasteiger partial charge in [0.1, 0.15) is 0 Å². The van der Waals surface area contributed by atoms with Gasteiger partial charge in [-0.2, -0.15) is 0 Å². The molecule has 1 unspecified atom stereocenters. The standard InChI is InChI=1S/C9H13NO/c1-3-9(11)8-6-10-5-4-7(8)2/h4-6,9,11H,3H2,1-2H3. The summed E-state index contributed by atoms with van der Waals surface area (Å²) in [6.45, 7) is 3.94. The maximum absolute atomic E-state index is 9.47. The first-order chi connectivity index (χ1) is 5.25. The smallest absolute Gasteiger partial charge is 0.0804 e. The average molecular weight is 151 g/mol. The van der Waals surface area contributed by atoms with Gasteiger partial charge in [-0.3, -0.25) is 4.98 Å². The van der Waals surface area contributed by atoms with Crippen molar-refractivity contribution in [1.29, 1.82) is 0 Å². The van der Waals surface area contributed by atoms with Crippen LogP contribution in [0.25, 0.3) is 0 Å². The van der Waals surface area contributed by atoms with E-state index in [1.807, 2.05) is 19.9 Å². The van der Waals surface area contributed by atoms with E-state index in [4.69, 9.17) is 0 Å². The number of aliphatic hydroxyl groups is 1. The molecule has 1 heterocycles. The molecule has 1 N–H and O–H groups in total. The summed E-state index contributed by atoms with van der Waals surface area (Å²) in [5, 5.41) is 9.47. The van der Waals surface area contributed by atoms with Gasteiger partial charge in [-0.05, 0) is 25.0 Å². The summed E-state index contributed by atoms with van der Waals surface area (Å²) in [6, 6.07) is 1.91. The van der Waals surface area contributed by atoms with Crippen LogP contribution in [0.4, 0.5) is 0 Å². The number of rotatable bonds is 2. The van der Waals surface area contributed by atoms with E-state index in [2.05, 4.69) is 4.98 Å². The molecule has 0 fully saturated rings. The second-order valence-corrected chi connectivity index (χ2v) is 2.66. The zero-order valence-corrected chi connectivity index (χ0v) is 6.91. The number of pyridine rings is 1. The molecule has 1 rings (SSSR count). The third kappa shape index (κ3) is 1.77. The Labute approximate surface area is 66.9 Å². The Morgan fingerprint density at radius 2 is 2.36 bits per heavy atom. The molecule has 0 aromatic carbocycles. The quantitative estimate of drug-likeness (QED) is 0.699. The highest BCUT2D eigenvalue weighted by Gasteiger charge is 2.06. The largest absolute Gasteiger partial charge is 0.388 e. The molecule has 0 aliphatic carbocycles. The summed E-state index contributed by atoms with van der Waals surface area (Å²) in [5.41, 5.74) is 2.05. The number of aliphatic hydroxyl groups excluding tert-OH is 1. The molecule has 0 saturated carbocycles. The van der Waals surface area contributed by atoms with Gasteiger partial charge in [0.25, 0.3) is 0 Å². The fraction of sp³-hybridized carbons (Fsp3) is 0.444. The predicted octanol–water partition coefficient (Wildman–Crippen LogP) is 1.83. The van der Waals surface area contributed by atoms with Crippen LogP contribution in [0.2, 0.25) is 0 Å². The molecule has 11 heavy (non-hydrogen) atoms. The molecule has 2 nitrogen and oxygen atoms in total. The van der Waals surface area contributed by atoms with E-state index in [9.17, 15) is 5.11 Å². The number of nitrogens with zero attached hydrogens (tertiary/aromatic N) is 1. The van der Waals surface area contributed by atoms with Crippen molar-refractivity contribution in [2.24, 2.45) is 0 Å². The minimum atomic E-state index is -0.358. The minimum Gasteiger partial charge on any atom is -0.388 e. The summed E-state index contributed by atoms with van der Waals surface area (Å²) in [5.74, 6) is 0. The maximum atomic E-state index is 9.47. The van der Waals surface area contributed by atoms with E-state index in [0.29, 0.717) is 0 Å². The van der Waals surface area contributed by atoms with E-state index in [-0.39, 0.29) is 6.10 Å². The summed E-state index contributed by atoms with van der Waals surface area (Å²) in [6.07, 6.45) is 3.85. The van der Waals surface area contributed by atoms with Gasteiger partial charge < -0.3 is 5.11 Å². The average Bonchev–Trinajstić information content (AvgIpc) is 2.04. The molecular weight excluding hydrogens is 138 g/mol. The molecule has 0 aliphatic rings. The number of aromatic nitrogens is 1. The zero-order chi connectivity index (χ0) is 8.27. The highest BCUT2D eigenvalue weighted by molar-refractivity contribution is 5.23. The topological polar surface area (TPSA) is 33.1 Å². The van der Waals surface area contributed by atoms with Crippen molar-refractivity contribution in [2.75, 3.05) is 0 Å². The van der Waals surface area contributed by atoms with Crippen molar-refractivity contribution in [2.45, 2.75) is 26.4 Å². The van der Waals surface area contributed by atoms with Crippen molar-refractivity contribution in [3.63, 3.8) is 0 Å². The van der Waals surface area contributed by atoms with Crippen LogP contribution in [-0.2, 0) is 0 Å². The first-order valence-corrected chi connectivity index (χ1v) is 3.84. The number of hydrogen-bond donors (Lipinski definition) is 1. The van der Waals surface area contributed by atoms with Gasteiger partial charge >= 0.3 is 0 Å². The minimum absolute atomic E-state index is 0.358. The summed E-state index contributed by atoms with van der Waals surface area (Å²) < 4.78 is 0. The van der Waals surface area contributed by atoms with E-state index < -0.39 is 0 Å². The first kappa shape index (κ1) is 8.21. The Hall–Kier alpha value is -0.890. The van der Waals surface area contributed by atoms with Crippen LogP contribution in [0, 0.1) is 6.92 Å². The Bertz CT molecular complexity index is 235. The molecule has 1 atom stereocenters. The van der Waals surface area contributed by atoms with Crippen molar-refractivity contribution >= 4 is 0 Å². The normalized spacial score (nSPS) is 13.0. The SMILES string of the molecule is CCC(O)c1cnccc1C. The highest BCUT2D eigenvalue weighted by atomic mass is 16.3. The first-order valence-electron chi connectivity index (χ1n) is 3.84. The lowest BCUT2D eigenvalue weighted by atomic mass is 10.1. The molecule has 60 valence electrons. The molecule has 0 aliphatic heterocycles. The van der Waals surface area contributed by atoms with Crippen LogP contribution in [0.3, 0.4) is 0 Å². The second-order valence-electron chi connectivity index (χ2n) is 2.66. The Kier molecular flexibility index (Phi) is 2.60. The van der Waals surface area contributed by atoms with Crippen LogP contribution in [0.5, 0.6) is 0 Å². The lowest BCUT2D eigenvalue weighted by Crippen LogP contribution is -1.98. The van der Waals surface area contributed by atoms with Crippen LogP contribution in [0.1, 0.15) is 30.6 Å². The monoisotopic (exact) mass is 151 g/mol. The van der Waals surface area contributed by atoms with Crippen molar-refractivity contribution in [3.8, 4) is 0 Å². The second kappa shape index (κ2) is 3.49. The Balaban J connectivity index is 2.93. The molecule has 0 saturated heterocycles. The van der Waals surface area contributed by atoms with Gasteiger partial charge in [-0.15, -0.1) is 0 Å². The van der Waals surface area contributed by atoms with Crippen molar-refractivity contribution < 1.29 is 5.11 Å². The van der Waals surface area contributed by atoms with Crippen LogP contribution >= 0.6 is 0 Å². The summed E-state index contributed by atoms with van der Waals surface area (Å²) >= 11 is 0. The van der Waals surface area contributed by atoms with Gasteiger partial charge in [-0.1, -0.05) is 6.92 Å². The molecule has 0 bridgehead atoms. The maximum Gasteiger partial charge on any atom is 0.0804 e. The van der Waals surface area contributed by atoms with Crippen LogP contribution < -0.4 is 0 Å². The lowest BCUT2D eigenvalue weighted by Gasteiger charge is -2.09. The third-order valence-corrected chi connectivity index (χ3v) is 1.83. The molecular formula is C9H13NO. The van der Waals surface area contributed by atoms with Gasteiger partial charge in [-0.25, -0.2) is 0 Å². The van der Waals surface area contributed by atoms with E-state index in [1.165, 1.54) is 0 Å². The van der Waals surface area contributed by atoms with Gasteiger partial charge in [0.2, 0.25) is 0 Å². The van der Waals surface area contributed by atoms with Crippen LogP contribution in [-0.4, -0.2) is 10.1 Å². The fourth-order valence-corrected chi connectivity index (χ4v) is 1.04. The van der Waals surface area contributed by atoms with Gasteiger partial charge in [0.15, 0.2) is 0 Å². The van der Waals surface area contributed by atoms with E-state index in [0.717, 1.165) is 17.5 Å². The summed E-state index contributed by atoms with van der Waals surface area (Å²) in [7, 11) is 0. The van der Waals surface area contributed by atoms with E-state index >= 15 is 0 Å². The molecule has 1 aromatic heterocycles. The highest BCUT2D eigenvalue weighted by Crippen LogP contribution is 2.17. The van der Waals surface area contributed by atoms with E-state index in [1.54, 1.807) is 12.4 Å². The molecule has 1 aromatic rings. The van der Waals surface area contributed by atoms with Crippen molar-refractivity contribution in [3.05, 3.63) is 29.6 Å². The molecule has 0 amide bonds. The predicted molar refractivity (Wildman–Crippen MR) is 44.2 cm³/mol. The third-order valence-electron chi connectivity index (χ3n) is 1.83. The Morgan fingerprint density at radius 3 is 2.91 bits per heavy atom. The fourth-order valence-electron chi connectivity index (χ4n) is 1.04. The number of aryl methyl sites for hydroxylation is 1. The number of hydrogen-bond acceptors (Lipinski definition) is 2. The zero-order valence-electron chi connectivity index (χ0n) is 6.91. The van der Waals surface area contributed by atoms with Crippen LogP contribution in [0.15, 0.2) is 18.5 Å². The Morgan fingerprint density at radius 1 is 1.64 bits per heavy atom. The lowest BCUT2D eigenvalue weighted by molar-refractivity contribution is 0.172. The molecule has 0 spiro atoms. The summed E-state index contributed by atoms with van der Waals surface area (Å²) in [4.78, 5) is 3.95. The molecule has 2 heteroatoms. The van der Waals surface area contributed by atoms with Gasteiger partial charge in [0, 0.05) is 18.0 Å². The molecule has 0 radical (unpaired) electrons.